The van der Waals surface area contributed by atoms with Crippen LogP contribution in [0.3, 0.4) is 0 Å². The number of piperidine rings is 1. The number of fused-ring (bicyclic) bond motifs is 5. The molecule has 5 nitrogen and oxygen atoms in total. The van der Waals surface area contributed by atoms with Gasteiger partial charge in [-0.2, -0.15) is 13.2 Å². The zero-order chi connectivity index (χ0) is 23.2. The normalized spacial score (nSPS) is 21.9. The fourth-order valence-corrected chi connectivity index (χ4v) is 5.07. The molecule has 0 spiro atoms. The highest BCUT2D eigenvalue weighted by Crippen LogP contribution is 2.47. The van der Waals surface area contributed by atoms with Crippen molar-refractivity contribution >= 4 is 11.6 Å². The SMILES string of the molecule is C[C@@H]1c2ccccc2[C@H]2C[C@H](NC(=O)C(F)(F)F)CCN2c2ccc(-c3ncccn3)cc21. The van der Waals surface area contributed by atoms with Crippen LogP contribution in [-0.4, -0.2) is 34.6 Å². The van der Waals surface area contributed by atoms with E-state index in [9.17, 15) is 18.0 Å². The minimum atomic E-state index is -4.88. The zero-order valence-electron chi connectivity index (χ0n) is 18.0. The van der Waals surface area contributed by atoms with Gasteiger partial charge < -0.3 is 10.2 Å². The van der Waals surface area contributed by atoms with Crippen molar-refractivity contribution in [1.82, 2.24) is 15.3 Å². The van der Waals surface area contributed by atoms with Crippen molar-refractivity contribution in [2.24, 2.45) is 0 Å². The van der Waals surface area contributed by atoms with E-state index in [2.05, 4.69) is 45.3 Å². The van der Waals surface area contributed by atoms with Crippen LogP contribution in [0.2, 0.25) is 0 Å². The summed E-state index contributed by atoms with van der Waals surface area (Å²) in [5.74, 6) is -1.15. The van der Waals surface area contributed by atoms with Gasteiger partial charge in [-0.25, -0.2) is 9.97 Å². The summed E-state index contributed by atoms with van der Waals surface area (Å²) in [4.78, 5) is 22.6. The highest BCUT2D eigenvalue weighted by atomic mass is 19.4. The van der Waals surface area contributed by atoms with Gasteiger partial charge in [0.2, 0.25) is 0 Å². The second-order valence-corrected chi connectivity index (χ2v) is 8.60. The Bertz CT molecular complexity index is 1180. The van der Waals surface area contributed by atoms with Crippen LogP contribution < -0.4 is 10.2 Å². The molecule has 0 saturated carbocycles. The number of carbonyl (C=O) groups excluding carboxylic acids is 1. The number of nitrogens with one attached hydrogen (secondary N) is 1. The molecule has 1 fully saturated rings. The molecule has 1 N–H and O–H groups in total. The summed E-state index contributed by atoms with van der Waals surface area (Å²) in [7, 11) is 0. The first-order chi connectivity index (χ1) is 15.8. The minimum Gasteiger partial charge on any atom is -0.364 e. The van der Waals surface area contributed by atoms with Gasteiger partial charge in [-0.3, -0.25) is 4.79 Å². The predicted molar refractivity (Wildman–Crippen MR) is 119 cm³/mol. The molecular weight excluding hydrogens is 429 g/mol. The van der Waals surface area contributed by atoms with Gasteiger partial charge >= 0.3 is 12.1 Å². The highest BCUT2D eigenvalue weighted by molar-refractivity contribution is 5.82. The third kappa shape index (κ3) is 3.94. The lowest BCUT2D eigenvalue weighted by atomic mass is 9.86. The molecule has 0 aliphatic carbocycles. The molecule has 2 aromatic carbocycles. The van der Waals surface area contributed by atoms with Crippen LogP contribution in [0.5, 0.6) is 0 Å². The largest absolute Gasteiger partial charge is 0.471 e. The van der Waals surface area contributed by atoms with Gasteiger partial charge in [0.25, 0.3) is 0 Å². The first-order valence-electron chi connectivity index (χ1n) is 11.0. The van der Waals surface area contributed by atoms with Crippen molar-refractivity contribution < 1.29 is 18.0 Å². The number of halogens is 3. The fourth-order valence-electron chi connectivity index (χ4n) is 5.07. The van der Waals surface area contributed by atoms with Gasteiger partial charge in [0.15, 0.2) is 5.82 Å². The van der Waals surface area contributed by atoms with Gasteiger partial charge in [0, 0.05) is 42.1 Å². The second kappa shape index (κ2) is 8.17. The Kier molecular flexibility index (Phi) is 5.31. The number of anilines is 1. The maximum Gasteiger partial charge on any atom is 0.471 e. The average molecular weight is 452 g/mol. The summed E-state index contributed by atoms with van der Waals surface area (Å²) in [6, 6.07) is 15.3. The molecule has 1 saturated heterocycles. The number of nitrogens with zero attached hydrogens (tertiary/aromatic N) is 3. The van der Waals surface area contributed by atoms with Crippen LogP contribution in [0.4, 0.5) is 18.9 Å². The van der Waals surface area contributed by atoms with Crippen molar-refractivity contribution in [3.8, 4) is 11.4 Å². The van der Waals surface area contributed by atoms with Crippen LogP contribution >= 0.6 is 0 Å². The van der Waals surface area contributed by atoms with E-state index >= 15 is 0 Å². The van der Waals surface area contributed by atoms with Crippen molar-refractivity contribution in [3.05, 3.63) is 77.6 Å². The van der Waals surface area contributed by atoms with Crippen molar-refractivity contribution in [1.29, 1.82) is 0 Å². The molecule has 1 aromatic heterocycles. The molecule has 3 aromatic rings. The Balaban J connectivity index is 1.55. The summed E-state index contributed by atoms with van der Waals surface area (Å²) in [5, 5.41) is 2.20. The molecule has 5 rings (SSSR count). The molecule has 0 unspecified atom stereocenters. The smallest absolute Gasteiger partial charge is 0.364 e. The van der Waals surface area contributed by atoms with Crippen LogP contribution in [-0.2, 0) is 4.79 Å². The number of aromatic nitrogens is 2. The number of hydrogen-bond acceptors (Lipinski definition) is 4. The van der Waals surface area contributed by atoms with Crippen LogP contribution in [0.25, 0.3) is 11.4 Å². The Hall–Kier alpha value is -3.42. The number of benzene rings is 2. The number of carbonyl (C=O) groups is 1. The lowest BCUT2D eigenvalue weighted by Gasteiger charge is -2.41. The van der Waals surface area contributed by atoms with Crippen LogP contribution in [0, 0.1) is 0 Å². The van der Waals surface area contributed by atoms with E-state index in [1.165, 1.54) is 0 Å². The molecule has 2 aliphatic heterocycles. The summed E-state index contributed by atoms with van der Waals surface area (Å²) in [6.45, 7) is 2.69. The van der Waals surface area contributed by atoms with Gasteiger partial charge in [-0.05, 0) is 53.8 Å². The van der Waals surface area contributed by atoms with Gasteiger partial charge in [0.05, 0.1) is 6.04 Å². The topological polar surface area (TPSA) is 58.1 Å². The van der Waals surface area contributed by atoms with Crippen molar-refractivity contribution in [3.63, 3.8) is 0 Å². The molecule has 33 heavy (non-hydrogen) atoms. The summed E-state index contributed by atoms with van der Waals surface area (Å²) < 4.78 is 38.5. The predicted octanol–water partition coefficient (Wildman–Crippen LogP) is 5.00. The Labute approximate surface area is 189 Å². The fraction of sp³-hybridized carbons (Fsp3) is 0.320. The zero-order valence-corrected chi connectivity index (χ0v) is 18.0. The third-order valence-electron chi connectivity index (χ3n) is 6.64. The number of alkyl halides is 3. The van der Waals surface area contributed by atoms with Crippen molar-refractivity contribution in [2.75, 3.05) is 11.4 Å². The van der Waals surface area contributed by atoms with Crippen molar-refractivity contribution in [2.45, 2.75) is 43.9 Å². The first-order valence-corrected chi connectivity index (χ1v) is 11.0. The summed E-state index contributed by atoms with van der Waals surface area (Å²) in [6.07, 6.45) is -0.604. The Morgan fingerprint density at radius 1 is 1.03 bits per heavy atom. The lowest BCUT2D eigenvalue weighted by molar-refractivity contribution is -0.174. The second-order valence-electron chi connectivity index (χ2n) is 8.60. The van der Waals surface area contributed by atoms with E-state index in [0.29, 0.717) is 25.2 Å². The maximum atomic E-state index is 12.8. The monoisotopic (exact) mass is 452 g/mol. The number of rotatable bonds is 2. The number of hydrogen-bond donors (Lipinski definition) is 1. The molecule has 8 heteroatoms. The molecule has 170 valence electrons. The minimum absolute atomic E-state index is 0.0775. The third-order valence-corrected chi connectivity index (χ3v) is 6.64. The van der Waals surface area contributed by atoms with E-state index in [4.69, 9.17) is 0 Å². The summed E-state index contributed by atoms with van der Waals surface area (Å²) in [5.41, 5.74) is 5.34. The van der Waals surface area contributed by atoms with E-state index in [-0.39, 0.29) is 12.0 Å². The average Bonchev–Trinajstić information content (AvgIpc) is 2.92. The van der Waals surface area contributed by atoms with E-state index in [1.54, 1.807) is 18.5 Å². The molecular formula is C25H23F3N4O. The van der Waals surface area contributed by atoms with Crippen LogP contribution in [0.1, 0.15) is 48.4 Å². The van der Waals surface area contributed by atoms with E-state index in [1.807, 2.05) is 24.3 Å². The van der Waals surface area contributed by atoms with E-state index < -0.39 is 18.1 Å². The molecule has 1 amide bonds. The molecule has 2 aliphatic rings. The number of amides is 1. The standard InChI is InChI=1S/C25H23F3N4O/c1-15-18-5-2-3-6-19(18)22-14-17(31-24(33)25(26,27)28)9-12-32(22)21-8-7-16(13-20(15)21)23-29-10-4-11-30-23/h2-8,10-11,13,15,17,22H,9,12,14H2,1H3,(H,31,33)/t15-,17-,22-/m1/s1. The van der Waals surface area contributed by atoms with E-state index in [0.717, 1.165) is 27.9 Å². The summed E-state index contributed by atoms with van der Waals surface area (Å²) >= 11 is 0. The molecule has 3 atom stereocenters. The van der Waals surface area contributed by atoms with Gasteiger partial charge in [-0.1, -0.05) is 31.2 Å². The van der Waals surface area contributed by atoms with Crippen LogP contribution in [0.15, 0.2) is 60.9 Å². The first kappa shape index (κ1) is 21.4. The van der Waals surface area contributed by atoms with Gasteiger partial charge in [0.1, 0.15) is 0 Å². The highest BCUT2D eigenvalue weighted by Gasteiger charge is 2.42. The maximum absolute atomic E-state index is 12.8. The lowest BCUT2D eigenvalue weighted by Crippen LogP contribution is -2.49. The molecule has 0 bridgehead atoms. The Morgan fingerprint density at radius 3 is 2.48 bits per heavy atom. The quantitative estimate of drug-likeness (QED) is 0.595. The van der Waals surface area contributed by atoms with Gasteiger partial charge in [-0.15, -0.1) is 0 Å². The molecule has 3 heterocycles. The molecule has 0 radical (unpaired) electrons. The Morgan fingerprint density at radius 2 is 1.76 bits per heavy atom.